The van der Waals surface area contributed by atoms with E-state index in [2.05, 4.69) is 27.1 Å². The van der Waals surface area contributed by atoms with Gasteiger partial charge < -0.3 is 19.9 Å². The standard InChI is InChI=1S/C20H23ClN4O3S/c1-3-10-25-11-9-22-20(25)29-12-15-16(18(26)28-4-2)17(24-19(27)23-15)13-5-7-14(21)8-6-13/h5-9,11,17H,3-4,10,12H2,1-2H3,(H2,23,24,27). The van der Waals surface area contributed by atoms with E-state index >= 15 is 0 Å². The molecule has 1 atom stereocenters. The first kappa shape index (κ1) is 21.3. The van der Waals surface area contributed by atoms with Gasteiger partial charge in [-0.1, -0.05) is 42.4 Å². The van der Waals surface area contributed by atoms with Crippen LogP contribution in [-0.2, 0) is 16.1 Å². The van der Waals surface area contributed by atoms with Gasteiger partial charge in [0.25, 0.3) is 0 Å². The maximum absolute atomic E-state index is 12.8. The van der Waals surface area contributed by atoms with Gasteiger partial charge in [-0.15, -0.1) is 0 Å². The predicted molar refractivity (Wildman–Crippen MR) is 113 cm³/mol. The molecule has 2 N–H and O–H groups in total. The zero-order valence-corrected chi connectivity index (χ0v) is 17.8. The highest BCUT2D eigenvalue weighted by Crippen LogP contribution is 2.31. The lowest BCUT2D eigenvalue weighted by Gasteiger charge is -2.29. The Morgan fingerprint density at radius 1 is 1.31 bits per heavy atom. The number of rotatable bonds is 8. The van der Waals surface area contributed by atoms with Crippen LogP contribution in [0.25, 0.3) is 0 Å². The number of urea groups is 1. The maximum Gasteiger partial charge on any atom is 0.338 e. The number of carbonyl (C=O) groups excluding carboxylic acids is 2. The third kappa shape index (κ3) is 5.13. The van der Waals surface area contributed by atoms with E-state index in [0.29, 0.717) is 22.0 Å². The molecule has 0 saturated heterocycles. The van der Waals surface area contributed by atoms with Gasteiger partial charge in [-0.25, -0.2) is 14.6 Å². The number of hydrogen-bond acceptors (Lipinski definition) is 5. The molecule has 1 aliphatic rings. The van der Waals surface area contributed by atoms with E-state index in [9.17, 15) is 9.59 Å². The number of halogens is 1. The number of hydrogen-bond donors (Lipinski definition) is 2. The highest BCUT2D eigenvalue weighted by atomic mass is 35.5. The first-order valence-corrected chi connectivity index (χ1v) is 10.8. The number of imidazole rings is 1. The Hall–Kier alpha value is -2.45. The second kappa shape index (κ2) is 9.84. The number of aromatic nitrogens is 2. The first-order valence-electron chi connectivity index (χ1n) is 9.40. The van der Waals surface area contributed by atoms with E-state index in [1.165, 1.54) is 11.8 Å². The van der Waals surface area contributed by atoms with Crippen molar-refractivity contribution in [2.75, 3.05) is 12.4 Å². The minimum atomic E-state index is -0.619. The summed E-state index contributed by atoms with van der Waals surface area (Å²) in [6.07, 6.45) is 4.65. The van der Waals surface area contributed by atoms with Gasteiger partial charge in [-0.05, 0) is 31.0 Å². The zero-order valence-electron chi connectivity index (χ0n) is 16.3. The molecular formula is C20H23ClN4O3S. The minimum Gasteiger partial charge on any atom is -0.463 e. The fraction of sp³-hybridized carbons (Fsp3) is 0.350. The fourth-order valence-electron chi connectivity index (χ4n) is 3.07. The molecule has 2 heterocycles. The van der Waals surface area contributed by atoms with Crippen molar-refractivity contribution in [3.63, 3.8) is 0 Å². The van der Waals surface area contributed by atoms with Crippen molar-refractivity contribution in [1.29, 1.82) is 0 Å². The quantitative estimate of drug-likeness (QED) is 0.486. The molecule has 0 spiro atoms. The topological polar surface area (TPSA) is 85.2 Å². The van der Waals surface area contributed by atoms with E-state index in [0.717, 1.165) is 23.7 Å². The normalized spacial score (nSPS) is 16.4. The average molecular weight is 435 g/mol. The molecule has 1 unspecified atom stereocenters. The fourth-order valence-corrected chi connectivity index (χ4v) is 4.15. The van der Waals surface area contributed by atoms with Gasteiger partial charge in [0.2, 0.25) is 0 Å². The van der Waals surface area contributed by atoms with Crippen molar-refractivity contribution in [2.24, 2.45) is 0 Å². The van der Waals surface area contributed by atoms with Crippen molar-refractivity contribution < 1.29 is 14.3 Å². The highest BCUT2D eigenvalue weighted by molar-refractivity contribution is 7.99. The van der Waals surface area contributed by atoms with Crippen molar-refractivity contribution in [2.45, 2.75) is 38.0 Å². The Labute approximate surface area is 178 Å². The summed E-state index contributed by atoms with van der Waals surface area (Å²) in [6, 6.07) is 6.04. The van der Waals surface area contributed by atoms with E-state index in [1.807, 2.05) is 6.20 Å². The molecule has 154 valence electrons. The van der Waals surface area contributed by atoms with Crippen LogP contribution in [0.3, 0.4) is 0 Å². The van der Waals surface area contributed by atoms with E-state index in [4.69, 9.17) is 16.3 Å². The number of benzene rings is 1. The number of nitrogens with one attached hydrogen (secondary N) is 2. The van der Waals surface area contributed by atoms with Crippen LogP contribution in [0.1, 0.15) is 31.9 Å². The van der Waals surface area contributed by atoms with Crippen molar-refractivity contribution in [1.82, 2.24) is 20.2 Å². The lowest BCUT2D eigenvalue weighted by molar-refractivity contribution is -0.139. The predicted octanol–water partition coefficient (Wildman–Crippen LogP) is 3.91. The average Bonchev–Trinajstić information content (AvgIpc) is 3.14. The Bertz CT molecular complexity index is 911. The molecule has 2 aromatic rings. The van der Waals surface area contributed by atoms with Gasteiger partial charge >= 0.3 is 12.0 Å². The monoisotopic (exact) mass is 434 g/mol. The largest absolute Gasteiger partial charge is 0.463 e. The first-order chi connectivity index (χ1) is 14.0. The van der Waals surface area contributed by atoms with Crippen LogP contribution in [0.2, 0.25) is 5.02 Å². The molecule has 0 fully saturated rings. The molecule has 9 heteroatoms. The van der Waals surface area contributed by atoms with Crippen LogP contribution in [-0.4, -0.2) is 33.9 Å². The molecule has 0 radical (unpaired) electrons. The van der Waals surface area contributed by atoms with Gasteiger partial charge in [0, 0.05) is 35.4 Å². The summed E-state index contributed by atoms with van der Waals surface area (Å²) in [6.45, 7) is 4.94. The third-order valence-corrected chi connectivity index (χ3v) is 5.62. The van der Waals surface area contributed by atoms with Crippen LogP contribution in [0.15, 0.2) is 53.1 Å². The molecule has 1 aromatic carbocycles. The van der Waals surface area contributed by atoms with Crippen LogP contribution >= 0.6 is 23.4 Å². The van der Waals surface area contributed by atoms with E-state index in [-0.39, 0.29) is 12.6 Å². The number of carbonyl (C=O) groups is 2. The Morgan fingerprint density at radius 3 is 2.76 bits per heavy atom. The Morgan fingerprint density at radius 2 is 2.07 bits per heavy atom. The van der Waals surface area contributed by atoms with Crippen molar-refractivity contribution in [3.8, 4) is 0 Å². The van der Waals surface area contributed by atoms with Gasteiger partial charge in [0.15, 0.2) is 5.16 Å². The van der Waals surface area contributed by atoms with Crippen LogP contribution in [0.4, 0.5) is 4.79 Å². The van der Waals surface area contributed by atoms with Crippen LogP contribution in [0.5, 0.6) is 0 Å². The molecule has 0 bridgehead atoms. The Kier molecular flexibility index (Phi) is 7.22. The van der Waals surface area contributed by atoms with Crippen molar-refractivity contribution >= 4 is 35.4 Å². The Balaban J connectivity index is 1.94. The molecule has 29 heavy (non-hydrogen) atoms. The highest BCUT2D eigenvalue weighted by Gasteiger charge is 2.33. The maximum atomic E-state index is 12.8. The smallest absolute Gasteiger partial charge is 0.338 e. The molecule has 7 nitrogen and oxygen atoms in total. The van der Waals surface area contributed by atoms with Gasteiger partial charge in [0.1, 0.15) is 0 Å². The summed E-state index contributed by atoms with van der Waals surface area (Å²) in [5.74, 6) is -0.0840. The minimum absolute atomic E-state index is 0.241. The molecule has 3 rings (SSSR count). The SMILES string of the molecule is CCCn1ccnc1SCC1=C(C(=O)OCC)C(c2ccc(Cl)cc2)NC(=O)N1. The number of nitrogens with zero attached hydrogens (tertiary/aromatic N) is 2. The molecule has 0 saturated carbocycles. The van der Waals surface area contributed by atoms with Crippen LogP contribution < -0.4 is 10.6 Å². The van der Waals surface area contributed by atoms with Crippen molar-refractivity contribution in [3.05, 3.63) is 58.5 Å². The molecular weight excluding hydrogens is 412 g/mol. The number of thioether (sulfide) groups is 1. The third-order valence-electron chi connectivity index (χ3n) is 4.34. The summed E-state index contributed by atoms with van der Waals surface area (Å²) >= 11 is 7.45. The number of ether oxygens (including phenoxy) is 1. The zero-order chi connectivity index (χ0) is 20.8. The molecule has 1 aliphatic heterocycles. The summed E-state index contributed by atoms with van der Waals surface area (Å²) in [5, 5.41) is 7.00. The van der Waals surface area contributed by atoms with Gasteiger partial charge in [-0.3, -0.25) is 0 Å². The number of aryl methyl sites for hydroxylation is 1. The summed E-state index contributed by atoms with van der Waals surface area (Å²) in [7, 11) is 0. The van der Waals surface area contributed by atoms with E-state index < -0.39 is 12.0 Å². The second-order valence-electron chi connectivity index (χ2n) is 6.39. The van der Waals surface area contributed by atoms with Crippen LogP contribution in [0, 0.1) is 0 Å². The summed E-state index contributed by atoms with van der Waals surface area (Å²) < 4.78 is 7.33. The lowest BCUT2D eigenvalue weighted by atomic mass is 9.95. The lowest BCUT2D eigenvalue weighted by Crippen LogP contribution is -2.46. The summed E-state index contributed by atoms with van der Waals surface area (Å²) in [5.41, 5.74) is 1.65. The van der Waals surface area contributed by atoms with E-state index in [1.54, 1.807) is 37.4 Å². The molecule has 0 aliphatic carbocycles. The van der Waals surface area contributed by atoms with Gasteiger partial charge in [0.05, 0.1) is 18.2 Å². The number of amides is 2. The molecule has 1 aromatic heterocycles. The number of esters is 1. The second-order valence-corrected chi connectivity index (χ2v) is 7.77. The van der Waals surface area contributed by atoms with Gasteiger partial charge in [-0.2, -0.15) is 0 Å². The summed E-state index contributed by atoms with van der Waals surface area (Å²) in [4.78, 5) is 29.5. The molecule has 2 amide bonds.